The first-order chi connectivity index (χ1) is 8.84. The molecule has 0 bridgehead atoms. The van der Waals surface area contributed by atoms with Crippen LogP contribution in [0, 0.1) is 0 Å². The van der Waals surface area contributed by atoms with Crippen molar-refractivity contribution in [2.24, 2.45) is 0 Å². The highest BCUT2D eigenvalue weighted by atomic mass is 79.9. The van der Waals surface area contributed by atoms with E-state index in [-0.39, 0.29) is 34.1 Å². The maximum absolute atomic E-state index is 12.5. The molecule has 108 valence electrons. The van der Waals surface area contributed by atoms with E-state index in [1.807, 2.05) is 13.8 Å². The van der Waals surface area contributed by atoms with Gasteiger partial charge in [-0.05, 0) is 29.8 Å². The lowest BCUT2D eigenvalue weighted by atomic mass is 10.3. The summed E-state index contributed by atoms with van der Waals surface area (Å²) in [6.45, 7) is 3.94. The minimum Gasteiger partial charge on any atom is -0.450 e. The molecule has 0 amide bonds. The summed E-state index contributed by atoms with van der Waals surface area (Å²) in [5.74, 6) is 0.208. The molecule has 2 atom stereocenters. The SMILES string of the molecule is CC1CN(S(=O)(=O)c2cc(CO)oc2Br)CC(C)O1. The van der Waals surface area contributed by atoms with Gasteiger partial charge in [0.15, 0.2) is 4.67 Å². The Morgan fingerprint density at radius 2 is 2.00 bits per heavy atom. The van der Waals surface area contributed by atoms with Gasteiger partial charge >= 0.3 is 0 Å². The van der Waals surface area contributed by atoms with Crippen molar-refractivity contribution in [3.05, 3.63) is 16.5 Å². The standard InChI is InChI=1S/C11H16BrNO5S/c1-7-4-13(5-8(2)17-7)19(15,16)10-3-9(6-14)18-11(10)12/h3,7-8,14H,4-6H2,1-2H3. The molecule has 0 radical (unpaired) electrons. The van der Waals surface area contributed by atoms with Gasteiger partial charge in [-0.25, -0.2) is 8.42 Å². The molecule has 8 heteroatoms. The first kappa shape index (κ1) is 15.0. The summed E-state index contributed by atoms with van der Waals surface area (Å²) >= 11 is 3.08. The number of ether oxygens (including phenoxy) is 1. The van der Waals surface area contributed by atoms with Crippen LogP contribution in [-0.2, 0) is 21.4 Å². The maximum atomic E-state index is 12.5. The Kier molecular flexibility index (Phi) is 4.36. The summed E-state index contributed by atoms with van der Waals surface area (Å²) in [5, 5.41) is 8.99. The summed E-state index contributed by atoms with van der Waals surface area (Å²) < 4.78 is 37.2. The second-order valence-electron chi connectivity index (χ2n) is 4.59. The fraction of sp³-hybridized carbons (Fsp3) is 0.636. The fourth-order valence-corrected chi connectivity index (χ4v) is 4.67. The zero-order chi connectivity index (χ0) is 14.2. The van der Waals surface area contributed by atoms with Crippen LogP contribution >= 0.6 is 15.9 Å². The molecule has 0 aliphatic carbocycles. The molecule has 1 fully saturated rings. The molecule has 6 nitrogen and oxygen atoms in total. The Bertz CT molecular complexity index is 545. The third-order valence-electron chi connectivity index (χ3n) is 2.87. The lowest BCUT2D eigenvalue weighted by Gasteiger charge is -2.34. The van der Waals surface area contributed by atoms with Crippen LogP contribution in [0.4, 0.5) is 0 Å². The van der Waals surface area contributed by atoms with Crippen LogP contribution in [0.3, 0.4) is 0 Å². The lowest BCUT2D eigenvalue weighted by molar-refractivity contribution is -0.0441. The lowest BCUT2D eigenvalue weighted by Crippen LogP contribution is -2.48. The molecular formula is C11H16BrNO5S. The van der Waals surface area contributed by atoms with Crippen molar-refractivity contribution in [2.75, 3.05) is 13.1 Å². The fourth-order valence-electron chi connectivity index (χ4n) is 2.12. The second kappa shape index (κ2) is 5.53. The summed E-state index contributed by atoms with van der Waals surface area (Å²) in [6, 6.07) is 1.34. The van der Waals surface area contributed by atoms with Gasteiger partial charge in [0.1, 0.15) is 17.3 Å². The Morgan fingerprint density at radius 3 is 2.47 bits per heavy atom. The van der Waals surface area contributed by atoms with Crippen LogP contribution in [0.25, 0.3) is 0 Å². The van der Waals surface area contributed by atoms with E-state index >= 15 is 0 Å². The number of nitrogens with zero attached hydrogens (tertiary/aromatic N) is 1. The average molecular weight is 354 g/mol. The Balaban J connectivity index is 2.33. The molecule has 1 N–H and O–H groups in total. The number of aliphatic hydroxyl groups excluding tert-OH is 1. The average Bonchev–Trinajstić information content (AvgIpc) is 2.70. The van der Waals surface area contributed by atoms with Gasteiger partial charge in [-0.15, -0.1) is 0 Å². The van der Waals surface area contributed by atoms with E-state index in [2.05, 4.69) is 15.9 Å². The van der Waals surface area contributed by atoms with Crippen LogP contribution in [0.1, 0.15) is 19.6 Å². The van der Waals surface area contributed by atoms with E-state index < -0.39 is 10.0 Å². The molecule has 0 aromatic carbocycles. The first-order valence-corrected chi connectivity index (χ1v) is 8.12. The van der Waals surface area contributed by atoms with Crippen LogP contribution in [0.15, 0.2) is 20.0 Å². The maximum Gasteiger partial charge on any atom is 0.247 e. The molecule has 19 heavy (non-hydrogen) atoms. The summed E-state index contributed by atoms with van der Waals surface area (Å²) in [4.78, 5) is 0.0397. The predicted octanol–water partition coefficient (Wildman–Crippen LogP) is 1.33. The van der Waals surface area contributed by atoms with E-state index in [1.54, 1.807) is 0 Å². The molecule has 0 spiro atoms. The van der Waals surface area contributed by atoms with E-state index in [9.17, 15) is 8.42 Å². The van der Waals surface area contributed by atoms with Gasteiger partial charge in [0.05, 0.1) is 12.2 Å². The monoisotopic (exact) mass is 353 g/mol. The molecular weight excluding hydrogens is 338 g/mol. The number of sulfonamides is 1. The van der Waals surface area contributed by atoms with Crippen molar-refractivity contribution < 1.29 is 22.7 Å². The van der Waals surface area contributed by atoms with Crippen LogP contribution in [0.5, 0.6) is 0 Å². The molecule has 1 aliphatic rings. The number of hydrogen-bond acceptors (Lipinski definition) is 5. The van der Waals surface area contributed by atoms with E-state index in [0.29, 0.717) is 13.1 Å². The molecule has 1 aromatic rings. The molecule has 2 rings (SSSR count). The van der Waals surface area contributed by atoms with Gasteiger partial charge < -0.3 is 14.3 Å². The number of rotatable bonds is 3. The van der Waals surface area contributed by atoms with Gasteiger partial charge in [-0.1, -0.05) is 0 Å². The molecule has 1 aromatic heterocycles. The van der Waals surface area contributed by atoms with Crippen molar-refractivity contribution in [1.82, 2.24) is 4.31 Å². The third kappa shape index (κ3) is 3.03. The molecule has 2 heterocycles. The van der Waals surface area contributed by atoms with E-state index in [4.69, 9.17) is 14.3 Å². The number of halogens is 1. The van der Waals surface area contributed by atoms with Gasteiger partial charge in [0, 0.05) is 19.2 Å². The first-order valence-electron chi connectivity index (χ1n) is 5.89. The highest BCUT2D eigenvalue weighted by Crippen LogP contribution is 2.30. The van der Waals surface area contributed by atoms with Crippen LogP contribution in [-0.4, -0.2) is 43.1 Å². The molecule has 2 unspecified atom stereocenters. The van der Waals surface area contributed by atoms with Crippen molar-refractivity contribution in [1.29, 1.82) is 0 Å². The number of hydrogen-bond donors (Lipinski definition) is 1. The molecule has 1 saturated heterocycles. The van der Waals surface area contributed by atoms with Crippen LogP contribution < -0.4 is 0 Å². The Hall–Kier alpha value is -0.410. The van der Waals surface area contributed by atoms with E-state index in [1.165, 1.54) is 10.4 Å². The van der Waals surface area contributed by atoms with E-state index in [0.717, 1.165) is 0 Å². The summed E-state index contributed by atoms with van der Waals surface area (Å²) in [7, 11) is -3.65. The van der Waals surface area contributed by atoms with Crippen molar-refractivity contribution in [2.45, 2.75) is 37.6 Å². The largest absolute Gasteiger partial charge is 0.450 e. The number of furan rings is 1. The van der Waals surface area contributed by atoms with Crippen molar-refractivity contribution >= 4 is 26.0 Å². The zero-order valence-electron chi connectivity index (χ0n) is 10.7. The minimum absolute atomic E-state index is 0.0397. The zero-order valence-corrected chi connectivity index (χ0v) is 13.1. The Labute approximate surface area is 120 Å². The highest BCUT2D eigenvalue weighted by Gasteiger charge is 2.34. The van der Waals surface area contributed by atoms with Crippen LogP contribution in [0.2, 0.25) is 0 Å². The molecule has 1 aliphatic heterocycles. The normalized spacial score (nSPS) is 25.7. The number of morpholine rings is 1. The van der Waals surface area contributed by atoms with Gasteiger partial charge in [-0.3, -0.25) is 0 Å². The van der Waals surface area contributed by atoms with Gasteiger partial charge in [0.2, 0.25) is 10.0 Å². The van der Waals surface area contributed by atoms with Gasteiger partial charge in [-0.2, -0.15) is 4.31 Å². The quantitative estimate of drug-likeness (QED) is 0.886. The third-order valence-corrected chi connectivity index (χ3v) is 5.55. The minimum atomic E-state index is -3.65. The summed E-state index contributed by atoms with van der Waals surface area (Å²) in [6.07, 6.45) is -0.303. The van der Waals surface area contributed by atoms with Crippen molar-refractivity contribution in [3.63, 3.8) is 0 Å². The van der Waals surface area contributed by atoms with Crippen molar-refractivity contribution in [3.8, 4) is 0 Å². The Morgan fingerprint density at radius 1 is 1.42 bits per heavy atom. The number of aliphatic hydroxyl groups is 1. The molecule has 0 saturated carbocycles. The van der Waals surface area contributed by atoms with Gasteiger partial charge in [0.25, 0.3) is 0 Å². The summed E-state index contributed by atoms with van der Waals surface area (Å²) in [5.41, 5.74) is 0. The highest BCUT2D eigenvalue weighted by molar-refractivity contribution is 9.10. The smallest absolute Gasteiger partial charge is 0.247 e. The topological polar surface area (TPSA) is 80.0 Å². The predicted molar refractivity (Wildman–Crippen MR) is 71.1 cm³/mol. The second-order valence-corrected chi connectivity index (χ2v) is 7.21.